The summed E-state index contributed by atoms with van der Waals surface area (Å²) in [6, 6.07) is 5.38. The van der Waals surface area contributed by atoms with Crippen molar-refractivity contribution in [1.82, 2.24) is 20.0 Å². The van der Waals surface area contributed by atoms with Crippen LogP contribution in [0.3, 0.4) is 0 Å². The van der Waals surface area contributed by atoms with Gasteiger partial charge in [-0.05, 0) is 25.0 Å². The zero-order valence-electron chi connectivity index (χ0n) is 12.9. The quantitative estimate of drug-likeness (QED) is 0.871. The molecule has 6 heteroatoms. The van der Waals surface area contributed by atoms with Crippen molar-refractivity contribution in [1.29, 1.82) is 0 Å². The molecular weight excluding hydrogens is 280 g/mol. The van der Waals surface area contributed by atoms with Gasteiger partial charge in [0.2, 0.25) is 5.89 Å². The zero-order valence-corrected chi connectivity index (χ0v) is 12.9. The van der Waals surface area contributed by atoms with Crippen LogP contribution in [0.1, 0.15) is 60.7 Å². The Morgan fingerprint density at radius 3 is 2.95 bits per heavy atom. The third-order valence-corrected chi connectivity index (χ3v) is 3.92. The molecule has 1 aliphatic rings. The van der Waals surface area contributed by atoms with E-state index in [0.29, 0.717) is 18.1 Å². The molecule has 0 aromatic carbocycles. The van der Waals surface area contributed by atoms with E-state index < -0.39 is 0 Å². The van der Waals surface area contributed by atoms with Gasteiger partial charge in [-0.1, -0.05) is 25.1 Å². The third-order valence-electron chi connectivity index (χ3n) is 3.92. The summed E-state index contributed by atoms with van der Waals surface area (Å²) in [7, 11) is 0. The van der Waals surface area contributed by atoms with Gasteiger partial charge in [0.05, 0.1) is 5.92 Å². The SMILES string of the molecule is CC(C)c1noc([C@@H]2CCCN(C(=O)c3ccccn3)C2)n1. The van der Waals surface area contributed by atoms with E-state index in [-0.39, 0.29) is 17.7 Å². The number of amides is 1. The van der Waals surface area contributed by atoms with Crippen LogP contribution < -0.4 is 0 Å². The summed E-state index contributed by atoms with van der Waals surface area (Å²) >= 11 is 0. The van der Waals surface area contributed by atoms with E-state index in [4.69, 9.17) is 4.52 Å². The Kier molecular flexibility index (Phi) is 4.18. The maximum atomic E-state index is 12.5. The van der Waals surface area contributed by atoms with E-state index >= 15 is 0 Å². The summed E-state index contributed by atoms with van der Waals surface area (Å²) in [5.41, 5.74) is 0.483. The molecule has 0 saturated carbocycles. The predicted molar refractivity (Wildman–Crippen MR) is 80.5 cm³/mol. The molecule has 0 spiro atoms. The molecule has 0 radical (unpaired) electrons. The van der Waals surface area contributed by atoms with Crippen molar-refractivity contribution >= 4 is 5.91 Å². The Morgan fingerprint density at radius 1 is 1.41 bits per heavy atom. The van der Waals surface area contributed by atoms with Gasteiger partial charge in [-0.3, -0.25) is 9.78 Å². The summed E-state index contributed by atoms with van der Waals surface area (Å²) in [6.07, 6.45) is 3.54. The highest BCUT2D eigenvalue weighted by atomic mass is 16.5. The lowest BCUT2D eigenvalue weighted by Crippen LogP contribution is -2.39. The number of piperidine rings is 1. The number of hydrogen-bond donors (Lipinski definition) is 0. The van der Waals surface area contributed by atoms with Crippen molar-refractivity contribution in [2.75, 3.05) is 13.1 Å². The van der Waals surface area contributed by atoms with E-state index in [2.05, 4.69) is 15.1 Å². The second-order valence-electron chi connectivity index (χ2n) is 5.95. The van der Waals surface area contributed by atoms with Gasteiger partial charge in [0.25, 0.3) is 5.91 Å². The minimum absolute atomic E-state index is 0.0334. The number of hydrogen-bond acceptors (Lipinski definition) is 5. The first-order valence-electron chi connectivity index (χ1n) is 7.69. The molecule has 22 heavy (non-hydrogen) atoms. The van der Waals surface area contributed by atoms with E-state index in [1.807, 2.05) is 30.9 Å². The van der Waals surface area contributed by atoms with Gasteiger partial charge in [-0.2, -0.15) is 4.98 Å². The molecule has 1 amide bonds. The van der Waals surface area contributed by atoms with Crippen molar-refractivity contribution < 1.29 is 9.32 Å². The number of carbonyl (C=O) groups excluding carboxylic acids is 1. The molecule has 2 aromatic heterocycles. The summed E-state index contributed by atoms with van der Waals surface area (Å²) < 4.78 is 5.38. The Bertz CT molecular complexity index is 639. The standard InChI is InChI=1S/C16H20N4O2/c1-11(2)14-18-15(22-19-14)12-6-5-9-20(10-12)16(21)13-7-3-4-8-17-13/h3-4,7-8,11-12H,5-6,9-10H2,1-2H3/t12-/m1/s1. The fraction of sp³-hybridized carbons (Fsp3) is 0.500. The van der Waals surface area contributed by atoms with Crippen LogP contribution in [0.2, 0.25) is 0 Å². The fourth-order valence-electron chi connectivity index (χ4n) is 2.66. The lowest BCUT2D eigenvalue weighted by molar-refractivity contribution is 0.0689. The largest absolute Gasteiger partial charge is 0.339 e. The number of rotatable bonds is 3. The maximum absolute atomic E-state index is 12.5. The van der Waals surface area contributed by atoms with Crippen LogP contribution >= 0.6 is 0 Å². The minimum atomic E-state index is -0.0334. The van der Waals surface area contributed by atoms with Crippen molar-refractivity contribution in [3.8, 4) is 0 Å². The maximum Gasteiger partial charge on any atom is 0.272 e. The Labute approximate surface area is 129 Å². The highest BCUT2D eigenvalue weighted by Gasteiger charge is 2.29. The van der Waals surface area contributed by atoms with Gasteiger partial charge in [-0.15, -0.1) is 0 Å². The summed E-state index contributed by atoms with van der Waals surface area (Å²) in [5, 5.41) is 4.02. The lowest BCUT2D eigenvalue weighted by atomic mass is 9.97. The Morgan fingerprint density at radius 2 is 2.27 bits per heavy atom. The average Bonchev–Trinajstić information content (AvgIpc) is 3.05. The molecule has 1 aliphatic heterocycles. The van der Waals surface area contributed by atoms with Gasteiger partial charge in [-0.25, -0.2) is 0 Å². The molecule has 0 aliphatic carbocycles. The van der Waals surface area contributed by atoms with Crippen LogP contribution in [0.5, 0.6) is 0 Å². The molecule has 0 unspecified atom stereocenters. The minimum Gasteiger partial charge on any atom is -0.339 e. The van der Waals surface area contributed by atoms with Gasteiger partial charge in [0, 0.05) is 25.2 Å². The molecular formula is C16H20N4O2. The van der Waals surface area contributed by atoms with Gasteiger partial charge in [0.15, 0.2) is 5.82 Å². The molecule has 0 N–H and O–H groups in total. The predicted octanol–water partition coefficient (Wildman–Crippen LogP) is 2.61. The van der Waals surface area contributed by atoms with Gasteiger partial charge >= 0.3 is 0 Å². The summed E-state index contributed by atoms with van der Waals surface area (Å²) in [6.45, 7) is 5.42. The molecule has 6 nitrogen and oxygen atoms in total. The molecule has 3 heterocycles. The number of aromatic nitrogens is 3. The van der Waals surface area contributed by atoms with Gasteiger partial charge in [0.1, 0.15) is 5.69 Å². The Hall–Kier alpha value is -2.24. The number of likely N-dealkylation sites (tertiary alicyclic amines) is 1. The first kappa shape index (κ1) is 14.7. The van der Waals surface area contributed by atoms with Gasteiger partial charge < -0.3 is 9.42 Å². The fourth-order valence-corrected chi connectivity index (χ4v) is 2.66. The molecule has 116 valence electrons. The van der Waals surface area contributed by atoms with Crippen LogP contribution in [0.15, 0.2) is 28.9 Å². The summed E-state index contributed by atoms with van der Waals surface area (Å²) in [4.78, 5) is 22.9. The molecule has 1 saturated heterocycles. The second kappa shape index (κ2) is 6.25. The molecule has 0 bridgehead atoms. The smallest absolute Gasteiger partial charge is 0.272 e. The van der Waals surface area contributed by atoms with Crippen molar-refractivity contribution in [3.63, 3.8) is 0 Å². The number of carbonyl (C=O) groups is 1. The highest BCUT2D eigenvalue weighted by molar-refractivity contribution is 5.92. The number of pyridine rings is 1. The topological polar surface area (TPSA) is 72.1 Å². The zero-order chi connectivity index (χ0) is 15.5. The summed E-state index contributed by atoms with van der Waals surface area (Å²) in [5.74, 6) is 1.69. The lowest BCUT2D eigenvalue weighted by Gasteiger charge is -2.30. The van der Waals surface area contributed by atoms with Crippen molar-refractivity contribution in [2.45, 2.75) is 38.5 Å². The highest BCUT2D eigenvalue weighted by Crippen LogP contribution is 2.27. The van der Waals surface area contributed by atoms with E-state index in [1.165, 1.54) is 0 Å². The first-order valence-corrected chi connectivity index (χ1v) is 7.69. The molecule has 3 rings (SSSR count). The average molecular weight is 300 g/mol. The molecule has 1 atom stereocenters. The molecule has 1 fully saturated rings. The van der Waals surface area contributed by atoms with Crippen LogP contribution in [0.25, 0.3) is 0 Å². The second-order valence-corrected chi connectivity index (χ2v) is 5.95. The van der Waals surface area contributed by atoms with Crippen LogP contribution in [-0.4, -0.2) is 39.0 Å². The van der Waals surface area contributed by atoms with E-state index in [9.17, 15) is 4.79 Å². The third kappa shape index (κ3) is 3.00. The normalized spacial score (nSPS) is 18.7. The van der Waals surface area contributed by atoms with Crippen molar-refractivity contribution in [2.24, 2.45) is 0 Å². The monoisotopic (exact) mass is 300 g/mol. The first-order chi connectivity index (χ1) is 10.6. The van der Waals surface area contributed by atoms with Crippen LogP contribution in [-0.2, 0) is 0 Å². The van der Waals surface area contributed by atoms with Crippen LogP contribution in [0.4, 0.5) is 0 Å². The van der Waals surface area contributed by atoms with Crippen LogP contribution in [0, 0.1) is 0 Å². The van der Waals surface area contributed by atoms with E-state index in [0.717, 1.165) is 25.2 Å². The number of nitrogens with zero attached hydrogens (tertiary/aromatic N) is 4. The van der Waals surface area contributed by atoms with E-state index in [1.54, 1.807) is 12.3 Å². The molecule has 2 aromatic rings. The Balaban J connectivity index is 1.72. The van der Waals surface area contributed by atoms with Crippen molar-refractivity contribution in [3.05, 3.63) is 41.8 Å².